The van der Waals surface area contributed by atoms with Crippen LogP contribution in [0.1, 0.15) is 31.2 Å². The summed E-state index contributed by atoms with van der Waals surface area (Å²) in [4.78, 5) is 12.0. The first-order valence-electron chi connectivity index (χ1n) is 6.63. The molecule has 0 saturated heterocycles. The summed E-state index contributed by atoms with van der Waals surface area (Å²) in [6.07, 6.45) is 4.61. The Morgan fingerprint density at radius 1 is 1.37 bits per heavy atom. The van der Waals surface area contributed by atoms with Crippen molar-refractivity contribution in [3.63, 3.8) is 0 Å². The molecule has 1 aromatic carbocycles. The average Bonchev–Trinajstić information content (AvgIpc) is 2.90. The molecule has 2 rings (SSSR count). The maximum absolute atomic E-state index is 12.8. The number of halogens is 1. The molecular formula is C15H17FN2O. The van der Waals surface area contributed by atoms with Gasteiger partial charge in [-0.1, -0.05) is 25.0 Å². The Morgan fingerprint density at radius 3 is 2.58 bits per heavy atom. The maximum atomic E-state index is 12.8. The van der Waals surface area contributed by atoms with Crippen molar-refractivity contribution in [2.45, 2.75) is 38.1 Å². The van der Waals surface area contributed by atoms with E-state index in [4.69, 9.17) is 5.26 Å². The van der Waals surface area contributed by atoms with Crippen molar-refractivity contribution in [2.75, 3.05) is 0 Å². The molecule has 0 radical (unpaired) electrons. The van der Waals surface area contributed by atoms with Crippen LogP contribution in [0.25, 0.3) is 0 Å². The molecule has 1 N–H and O–H groups in total. The molecule has 1 fully saturated rings. The average molecular weight is 260 g/mol. The standard InChI is InChI=1S/C15H17FN2O/c16-13-7-5-11(6-8-13)9-12(10-17)15(19)18-14-3-1-2-4-14/h5-8,12,14H,1-4,9H2,(H,18,19). The Hall–Kier alpha value is -1.89. The second-order valence-corrected chi connectivity index (χ2v) is 5.00. The summed E-state index contributed by atoms with van der Waals surface area (Å²) in [6.45, 7) is 0. The molecule has 100 valence electrons. The number of hydrogen-bond donors (Lipinski definition) is 1. The molecular weight excluding hydrogens is 243 g/mol. The minimum atomic E-state index is -0.703. The van der Waals surface area contributed by atoms with Crippen LogP contribution in [0.5, 0.6) is 0 Å². The highest BCUT2D eigenvalue weighted by Gasteiger charge is 2.23. The zero-order valence-electron chi connectivity index (χ0n) is 10.7. The highest BCUT2D eigenvalue weighted by Crippen LogP contribution is 2.18. The predicted molar refractivity (Wildman–Crippen MR) is 69.6 cm³/mol. The fourth-order valence-electron chi connectivity index (χ4n) is 2.43. The first kappa shape index (κ1) is 13.5. The van der Waals surface area contributed by atoms with E-state index in [2.05, 4.69) is 5.32 Å². The van der Waals surface area contributed by atoms with E-state index in [0.29, 0.717) is 6.42 Å². The minimum absolute atomic E-state index is 0.210. The summed E-state index contributed by atoms with van der Waals surface area (Å²) in [5.74, 6) is -1.22. The van der Waals surface area contributed by atoms with Gasteiger partial charge >= 0.3 is 0 Å². The van der Waals surface area contributed by atoms with Gasteiger partial charge in [-0.15, -0.1) is 0 Å². The zero-order chi connectivity index (χ0) is 13.7. The van der Waals surface area contributed by atoms with Crippen LogP contribution in [0.3, 0.4) is 0 Å². The van der Waals surface area contributed by atoms with Crippen LogP contribution in [0.2, 0.25) is 0 Å². The highest BCUT2D eigenvalue weighted by atomic mass is 19.1. The zero-order valence-corrected chi connectivity index (χ0v) is 10.7. The second kappa shape index (κ2) is 6.33. The Labute approximate surface area is 112 Å². The molecule has 0 heterocycles. The number of carbonyl (C=O) groups is 1. The summed E-state index contributed by atoms with van der Waals surface area (Å²) in [5, 5.41) is 12.0. The molecule has 1 amide bonds. The van der Waals surface area contributed by atoms with Crippen LogP contribution in [-0.4, -0.2) is 11.9 Å². The van der Waals surface area contributed by atoms with Gasteiger partial charge in [-0.3, -0.25) is 4.79 Å². The van der Waals surface area contributed by atoms with Gasteiger partial charge in [-0.05, 0) is 37.0 Å². The summed E-state index contributed by atoms with van der Waals surface area (Å²) in [5.41, 5.74) is 0.800. The first-order chi connectivity index (χ1) is 9.19. The van der Waals surface area contributed by atoms with Crippen molar-refractivity contribution in [2.24, 2.45) is 5.92 Å². The van der Waals surface area contributed by atoms with E-state index < -0.39 is 5.92 Å². The van der Waals surface area contributed by atoms with Crippen molar-refractivity contribution in [3.05, 3.63) is 35.6 Å². The largest absolute Gasteiger partial charge is 0.352 e. The summed E-state index contributed by atoms with van der Waals surface area (Å²) >= 11 is 0. The van der Waals surface area contributed by atoms with Gasteiger partial charge in [0.1, 0.15) is 11.7 Å². The summed E-state index contributed by atoms with van der Waals surface area (Å²) in [7, 11) is 0. The van der Waals surface area contributed by atoms with E-state index in [1.54, 1.807) is 12.1 Å². The van der Waals surface area contributed by atoms with Crippen molar-refractivity contribution in [3.8, 4) is 6.07 Å². The minimum Gasteiger partial charge on any atom is -0.352 e. The number of carbonyl (C=O) groups excluding carboxylic acids is 1. The van der Waals surface area contributed by atoms with Crippen molar-refractivity contribution in [1.82, 2.24) is 5.32 Å². The predicted octanol–water partition coefficient (Wildman–Crippen LogP) is 2.57. The Balaban J connectivity index is 1.93. The second-order valence-electron chi connectivity index (χ2n) is 5.00. The van der Waals surface area contributed by atoms with Crippen LogP contribution >= 0.6 is 0 Å². The molecule has 1 atom stereocenters. The molecule has 1 aromatic rings. The van der Waals surface area contributed by atoms with Gasteiger partial charge in [0.05, 0.1) is 6.07 Å². The molecule has 3 nitrogen and oxygen atoms in total. The molecule has 0 aliphatic heterocycles. The lowest BCUT2D eigenvalue weighted by Gasteiger charge is -2.15. The number of rotatable bonds is 4. The van der Waals surface area contributed by atoms with Crippen LogP contribution < -0.4 is 5.32 Å². The van der Waals surface area contributed by atoms with Gasteiger partial charge < -0.3 is 5.32 Å². The quantitative estimate of drug-likeness (QED) is 0.904. The van der Waals surface area contributed by atoms with E-state index in [1.807, 2.05) is 6.07 Å². The number of nitrogens with one attached hydrogen (secondary N) is 1. The van der Waals surface area contributed by atoms with Crippen molar-refractivity contribution >= 4 is 5.91 Å². The lowest BCUT2D eigenvalue weighted by atomic mass is 9.99. The third-order valence-corrected chi connectivity index (χ3v) is 3.53. The Morgan fingerprint density at radius 2 is 2.00 bits per heavy atom. The topological polar surface area (TPSA) is 52.9 Å². The van der Waals surface area contributed by atoms with Gasteiger partial charge in [0.25, 0.3) is 0 Å². The number of amides is 1. The number of benzene rings is 1. The molecule has 0 bridgehead atoms. The summed E-state index contributed by atoms with van der Waals surface area (Å²) < 4.78 is 12.8. The molecule has 19 heavy (non-hydrogen) atoms. The molecule has 1 aliphatic rings. The van der Waals surface area contributed by atoms with Crippen LogP contribution in [0.4, 0.5) is 4.39 Å². The number of nitrogens with zero attached hydrogens (tertiary/aromatic N) is 1. The van der Waals surface area contributed by atoms with Crippen molar-refractivity contribution < 1.29 is 9.18 Å². The molecule has 0 spiro atoms. The lowest BCUT2D eigenvalue weighted by Crippen LogP contribution is -2.37. The molecule has 1 unspecified atom stereocenters. The summed E-state index contributed by atoms with van der Waals surface area (Å²) in [6, 6.07) is 8.17. The van der Waals surface area contributed by atoms with Gasteiger partial charge in [0.2, 0.25) is 5.91 Å². The fourth-order valence-corrected chi connectivity index (χ4v) is 2.43. The van der Waals surface area contributed by atoms with Gasteiger partial charge in [0.15, 0.2) is 0 Å². The van der Waals surface area contributed by atoms with Crippen molar-refractivity contribution in [1.29, 1.82) is 5.26 Å². The fraction of sp³-hybridized carbons (Fsp3) is 0.467. The van der Waals surface area contributed by atoms with E-state index in [0.717, 1.165) is 31.2 Å². The van der Waals surface area contributed by atoms with Crippen LogP contribution in [0.15, 0.2) is 24.3 Å². The van der Waals surface area contributed by atoms with Crippen LogP contribution in [-0.2, 0) is 11.2 Å². The lowest BCUT2D eigenvalue weighted by molar-refractivity contribution is -0.124. The SMILES string of the molecule is N#CC(Cc1ccc(F)cc1)C(=O)NC1CCCC1. The van der Waals surface area contributed by atoms with Gasteiger partial charge in [-0.2, -0.15) is 5.26 Å². The third-order valence-electron chi connectivity index (χ3n) is 3.53. The maximum Gasteiger partial charge on any atom is 0.237 e. The van der Waals surface area contributed by atoms with E-state index >= 15 is 0 Å². The Bertz CT molecular complexity index is 472. The van der Waals surface area contributed by atoms with Gasteiger partial charge in [-0.25, -0.2) is 4.39 Å². The molecule has 4 heteroatoms. The molecule has 1 saturated carbocycles. The molecule has 0 aromatic heterocycles. The normalized spacial score (nSPS) is 16.8. The Kier molecular flexibility index (Phi) is 4.51. The van der Waals surface area contributed by atoms with E-state index in [1.165, 1.54) is 12.1 Å². The van der Waals surface area contributed by atoms with Crippen LogP contribution in [0, 0.1) is 23.1 Å². The highest BCUT2D eigenvalue weighted by molar-refractivity contribution is 5.81. The third kappa shape index (κ3) is 3.78. The number of nitriles is 1. The first-order valence-corrected chi connectivity index (χ1v) is 6.63. The number of hydrogen-bond acceptors (Lipinski definition) is 2. The monoisotopic (exact) mass is 260 g/mol. The smallest absolute Gasteiger partial charge is 0.237 e. The van der Waals surface area contributed by atoms with E-state index in [9.17, 15) is 9.18 Å². The molecule has 1 aliphatic carbocycles. The van der Waals surface area contributed by atoms with E-state index in [-0.39, 0.29) is 17.8 Å². The van der Waals surface area contributed by atoms with Gasteiger partial charge in [0, 0.05) is 6.04 Å².